The van der Waals surface area contributed by atoms with Crippen LogP contribution in [0.5, 0.6) is 0 Å². The molecule has 2 aromatic rings. The zero-order valence-electron chi connectivity index (χ0n) is 10.7. The number of nitro groups is 1. The van der Waals surface area contributed by atoms with Gasteiger partial charge in [-0.05, 0) is 29.8 Å². The maximum absolute atomic E-state index is 12.8. The molecular formula is C14H11FN2O4. The Hall–Kier alpha value is -2.96. The van der Waals surface area contributed by atoms with Gasteiger partial charge in [0.1, 0.15) is 11.5 Å². The van der Waals surface area contributed by atoms with Crippen molar-refractivity contribution in [1.29, 1.82) is 0 Å². The van der Waals surface area contributed by atoms with Gasteiger partial charge in [-0.2, -0.15) is 0 Å². The van der Waals surface area contributed by atoms with Crippen LogP contribution in [0.1, 0.15) is 15.9 Å². The van der Waals surface area contributed by atoms with Crippen LogP contribution in [-0.4, -0.2) is 16.0 Å². The van der Waals surface area contributed by atoms with Gasteiger partial charge in [-0.25, -0.2) is 9.18 Å². The lowest BCUT2D eigenvalue weighted by atomic mass is 10.1. The summed E-state index contributed by atoms with van der Waals surface area (Å²) >= 11 is 0. The number of anilines is 1. The summed E-state index contributed by atoms with van der Waals surface area (Å²) in [7, 11) is 0. The van der Waals surface area contributed by atoms with E-state index in [-0.39, 0.29) is 29.3 Å². The lowest BCUT2D eigenvalue weighted by molar-refractivity contribution is -0.384. The molecule has 108 valence electrons. The summed E-state index contributed by atoms with van der Waals surface area (Å²) in [5.41, 5.74) is 0.466. The zero-order valence-corrected chi connectivity index (χ0v) is 10.7. The van der Waals surface area contributed by atoms with E-state index in [4.69, 9.17) is 5.11 Å². The van der Waals surface area contributed by atoms with E-state index in [0.717, 1.165) is 11.6 Å². The molecule has 0 aliphatic heterocycles. The van der Waals surface area contributed by atoms with Gasteiger partial charge in [-0.15, -0.1) is 0 Å². The summed E-state index contributed by atoms with van der Waals surface area (Å²) in [6.07, 6.45) is 0. The number of hydrogen-bond acceptors (Lipinski definition) is 4. The largest absolute Gasteiger partial charge is 0.478 e. The van der Waals surface area contributed by atoms with Crippen LogP contribution in [0.25, 0.3) is 0 Å². The van der Waals surface area contributed by atoms with Crippen molar-refractivity contribution in [3.63, 3.8) is 0 Å². The molecule has 0 aromatic heterocycles. The standard InChI is InChI=1S/C14H11FN2O4/c15-11-4-1-9(2-5-11)8-16-12-6-3-10(14(18)19)7-13(12)17(20)21/h1-7,16H,8H2,(H,18,19). The Morgan fingerprint density at radius 1 is 1.24 bits per heavy atom. The molecule has 0 saturated carbocycles. The number of rotatable bonds is 5. The first-order valence-corrected chi connectivity index (χ1v) is 5.97. The molecule has 6 nitrogen and oxygen atoms in total. The van der Waals surface area contributed by atoms with Crippen molar-refractivity contribution < 1.29 is 19.2 Å². The smallest absolute Gasteiger partial charge is 0.335 e. The molecule has 0 aliphatic carbocycles. The summed E-state index contributed by atoms with van der Waals surface area (Å²) < 4.78 is 12.8. The number of nitro benzene ring substituents is 1. The van der Waals surface area contributed by atoms with Crippen LogP contribution in [0.2, 0.25) is 0 Å². The fourth-order valence-electron chi connectivity index (χ4n) is 1.76. The third-order valence-electron chi connectivity index (χ3n) is 2.84. The van der Waals surface area contributed by atoms with Crippen molar-refractivity contribution in [1.82, 2.24) is 0 Å². The molecule has 0 atom stereocenters. The highest BCUT2D eigenvalue weighted by Crippen LogP contribution is 2.26. The van der Waals surface area contributed by atoms with Gasteiger partial charge in [0.2, 0.25) is 0 Å². The van der Waals surface area contributed by atoms with Gasteiger partial charge >= 0.3 is 5.97 Å². The minimum Gasteiger partial charge on any atom is -0.478 e. The number of nitrogens with one attached hydrogen (secondary N) is 1. The second-order valence-electron chi connectivity index (χ2n) is 4.27. The summed E-state index contributed by atoms with van der Waals surface area (Å²) in [6, 6.07) is 9.31. The first-order valence-electron chi connectivity index (χ1n) is 5.97. The van der Waals surface area contributed by atoms with E-state index in [2.05, 4.69) is 5.32 Å². The monoisotopic (exact) mass is 290 g/mol. The molecule has 2 aromatic carbocycles. The lowest BCUT2D eigenvalue weighted by Gasteiger charge is -2.08. The maximum atomic E-state index is 12.8. The van der Waals surface area contributed by atoms with Crippen molar-refractivity contribution in [2.24, 2.45) is 0 Å². The van der Waals surface area contributed by atoms with Gasteiger partial charge in [0.15, 0.2) is 0 Å². The quantitative estimate of drug-likeness (QED) is 0.652. The van der Waals surface area contributed by atoms with Gasteiger partial charge in [0.25, 0.3) is 5.69 Å². The van der Waals surface area contributed by atoms with Crippen molar-refractivity contribution in [2.75, 3.05) is 5.32 Å². The molecule has 0 saturated heterocycles. The SMILES string of the molecule is O=C(O)c1ccc(NCc2ccc(F)cc2)c([N+](=O)[O-])c1. The third kappa shape index (κ3) is 3.53. The maximum Gasteiger partial charge on any atom is 0.335 e. The van der Waals surface area contributed by atoms with Gasteiger partial charge < -0.3 is 10.4 Å². The summed E-state index contributed by atoms with van der Waals surface area (Å²) in [6.45, 7) is 0.257. The highest BCUT2D eigenvalue weighted by Gasteiger charge is 2.16. The Kier molecular flexibility index (Phi) is 4.13. The molecule has 2 N–H and O–H groups in total. The molecule has 0 bridgehead atoms. The van der Waals surface area contributed by atoms with E-state index in [0.29, 0.717) is 0 Å². The van der Waals surface area contributed by atoms with Gasteiger partial charge in [-0.1, -0.05) is 12.1 Å². The highest BCUT2D eigenvalue weighted by molar-refractivity contribution is 5.89. The molecular weight excluding hydrogens is 279 g/mol. The zero-order chi connectivity index (χ0) is 15.4. The van der Waals surface area contributed by atoms with Gasteiger partial charge in [-0.3, -0.25) is 10.1 Å². The molecule has 0 heterocycles. The molecule has 0 spiro atoms. The first-order chi connectivity index (χ1) is 9.97. The molecule has 0 unspecified atom stereocenters. The van der Waals surface area contributed by atoms with Crippen molar-refractivity contribution in [3.8, 4) is 0 Å². The van der Waals surface area contributed by atoms with E-state index in [1.54, 1.807) is 12.1 Å². The van der Waals surface area contributed by atoms with E-state index in [1.165, 1.54) is 24.3 Å². The van der Waals surface area contributed by atoms with Crippen LogP contribution in [0.4, 0.5) is 15.8 Å². The molecule has 7 heteroatoms. The van der Waals surface area contributed by atoms with Crippen LogP contribution in [0, 0.1) is 15.9 Å². The Morgan fingerprint density at radius 2 is 1.90 bits per heavy atom. The molecule has 2 rings (SSSR count). The minimum absolute atomic E-state index is 0.158. The fraction of sp³-hybridized carbons (Fsp3) is 0.0714. The Bertz CT molecular complexity index is 686. The van der Waals surface area contributed by atoms with Gasteiger partial charge in [0, 0.05) is 12.6 Å². The average Bonchev–Trinajstić information content (AvgIpc) is 2.46. The minimum atomic E-state index is -1.23. The van der Waals surface area contributed by atoms with Crippen molar-refractivity contribution in [2.45, 2.75) is 6.54 Å². The van der Waals surface area contributed by atoms with Crippen molar-refractivity contribution in [3.05, 3.63) is 69.5 Å². The second kappa shape index (κ2) is 6.00. The molecule has 0 aliphatic rings. The van der Waals surface area contributed by atoms with Crippen LogP contribution >= 0.6 is 0 Å². The Balaban J connectivity index is 2.21. The second-order valence-corrected chi connectivity index (χ2v) is 4.27. The number of carbonyl (C=O) groups is 1. The van der Waals surface area contributed by atoms with Crippen molar-refractivity contribution >= 4 is 17.3 Å². The number of halogens is 1. The Morgan fingerprint density at radius 3 is 2.48 bits per heavy atom. The Labute approximate surface area is 119 Å². The predicted molar refractivity (Wildman–Crippen MR) is 73.8 cm³/mol. The van der Waals surface area contributed by atoms with E-state index < -0.39 is 10.9 Å². The predicted octanol–water partition coefficient (Wildman–Crippen LogP) is 3.04. The molecule has 21 heavy (non-hydrogen) atoms. The molecule has 0 amide bonds. The number of benzene rings is 2. The first kappa shape index (κ1) is 14.4. The number of carboxylic acids is 1. The van der Waals surface area contributed by atoms with E-state index in [1.807, 2.05) is 0 Å². The third-order valence-corrected chi connectivity index (χ3v) is 2.84. The lowest BCUT2D eigenvalue weighted by Crippen LogP contribution is -2.05. The van der Waals surface area contributed by atoms with Crippen LogP contribution in [0.3, 0.4) is 0 Å². The normalized spacial score (nSPS) is 10.1. The number of carboxylic acid groups (broad SMARTS) is 1. The summed E-state index contributed by atoms with van der Waals surface area (Å²) in [4.78, 5) is 21.1. The number of aromatic carboxylic acids is 1. The molecule has 0 radical (unpaired) electrons. The van der Waals surface area contributed by atoms with Gasteiger partial charge in [0.05, 0.1) is 10.5 Å². The van der Waals surface area contributed by atoms with Crippen LogP contribution in [0.15, 0.2) is 42.5 Å². The van der Waals surface area contributed by atoms with E-state index in [9.17, 15) is 19.3 Å². The van der Waals surface area contributed by atoms with E-state index >= 15 is 0 Å². The fourth-order valence-corrected chi connectivity index (χ4v) is 1.76. The topological polar surface area (TPSA) is 92.5 Å². The highest BCUT2D eigenvalue weighted by atomic mass is 19.1. The molecule has 0 fully saturated rings. The van der Waals surface area contributed by atoms with Crippen LogP contribution in [-0.2, 0) is 6.54 Å². The summed E-state index contributed by atoms with van der Waals surface area (Å²) in [5, 5.41) is 22.7. The van der Waals surface area contributed by atoms with Crippen LogP contribution < -0.4 is 5.32 Å². The number of hydrogen-bond donors (Lipinski definition) is 2. The number of nitrogens with zero attached hydrogens (tertiary/aromatic N) is 1. The summed E-state index contributed by atoms with van der Waals surface area (Å²) in [5.74, 6) is -1.60. The average molecular weight is 290 g/mol.